The van der Waals surface area contributed by atoms with Gasteiger partial charge in [0, 0.05) is 6.42 Å². The molecule has 2 atom stereocenters. The van der Waals surface area contributed by atoms with Gasteiger partial charge in [-0.25, -0.2) is 0 Å². The minimum Gasteiger partial charge on any atom is -0.547 e. The highest BCUT2D eigenvalue weighted by Gasteiger charge is 2.59. The highest BCUT2D eigenvalue weighted by molar-refractivity contribution is 6.74. The van der Waals surface area contributed by atoms with Crippen molar-refractivity contribution in [2.45, 2.75) is 58.7 Å². The van der Waals surface area contributed by atoms with Gasteiger partial charge in [-0.3, -0.25) is 9.59 Å². The first-order valence-corrected chi connectivity index (χ1v) is 10.6. The molecule has 6 heteroatoms. The summed E-state index contributed by atoms with van der Waals surface area (Å²) in [6, 6.07) is 0. The Morgan fingerprint density at radius 1 is 1.41 bits per heavy atom. The second kappa shape index (κ2) is 5.11. The van der Waals surface area contributed by atoms with Gasteiger partial charge in [0.15, 0.2) is 0 Å². The van der Waals surface area contributed by atoms with Crippen LogP contribution < -0.4 is 0 Å². The summed E-state index contributed by atoms with van der Waals surface area (Å²) in [6.07, 6.45) is 0.942. The second-order valence-electron chi connectivity index (χ2n) is 7.97. The van der Waals surface area contributed by atoms with Crippen molar-refractivity contribution >= 4 is 20.3 Å². The van der Waals surface area contributed by atoms with E-state index in [1.54, 1.807) is 0 Å². The largest absolute Gasteiger partial charge is 0.547 e. The van der Waals surface area contributed by atoms with E-state index < -0.39 is 31.6 Å². The molecule has 0 aromatic rings. The van der Waals surface area contributed by atoms with E-state index in [0.29, 0.717) is 12.8 Å². The average molecular weight is 326 g/mol. The summed E-state index contributed by atoms with van der Waals surface area (Å²) in [4.78, 5) is 23.8. The fraction of sp³-hybridized carbons (Fsp3) is 0.750. The molecule has 0 saturated carbocycles. The molecule has 1 N–H and O–H groups in total. The molecule has 5 nitrogen and oxygen atoms in total. The summed E-state index contributed by atoms with van der Waals surface area (Å²) in [5, 5.41) is 9.65. The molecule has 0 unspecified atom stereocenters. The third-order valence-electron chi connectivity index (χ3n) is 5.54. The van der Waals surface area contributed by atoms with Gasteiger partial charge in [0.25, 0.3) is 0 Å². The van der Waals surface area contributed by atoms with E-state index in [0.717, 1.165) is 11.3 Å². The molecule has 0 amide bonds. The molecular weight excluding hydrogens is 300 g/mol. The van der Waals surface area contributed by atoms with E-state index in [-0.39, 0.29) is 11.6 Å². The predicted octanol–water partition coefficient (Wildman–Crippen LogP) is 3.32. The molecule has 1 saturated heterocycles. The van der Waals surface area contributed by atoms with Crippen molar-refractivity contribution < 1.29 is 23.9 Å². The van der Waals surface area contributed by atoms with Gasteiger partial charge in [0.2, 0.25) is 8.32 Å². The standard InChI is InChI=1S/C16H26O5Si/c1-10-11(21-22(5,6)15(2,3)4)7-8-16(14(18)19)9-20-13(17)12(10)16/h12H,7-9H2,1-6H3,(H,18,19)/t12-,16-/m1/s1. The number of carbonyl (C=O) groups excluding carboxylic acids is 1. The van der Waals surface area contributed by atoms with Crippen molar-refractivity contribution in [2.75, 3.05) is 6.61 Å². The molecule has 1 fully saturated rings. The Bertz CT molecular complexity index is 543. The van der Waals surface area contributed by atoms with Crippen molar-refractivity contribution in [1.29, 1.82) is 0 Å². The number of rotatable bonds is 3. The number of aliphatic carboxylic acids is 1. The molecule has 1 aliphatic heterocycles. The number of esters is 1. The first kappa shape index (κ1) is 17.1. The fourth-order valence-electron chi connectivity index (χ4n) is 2.98. The molecule has 0 aromatic heterocycles. The lowest BCUT2D eigenvalue weighted by atomic mass is 9.67. The van der Waals surface area contributed by atoms with Gasteiger partial charge in [0.1, 0.15) is 17.9 Å². The number of ether oxygens (including phenoxy) is 1. The van der Waals surface area contributed by atoms with Crippen LogP contribution in [0.1, 0.15) is 40.5 Å². The van der Waals surface area contributed by atoms with Gasteiger partial charge in [-0.1, -0.05) is 20.8 Å². The highest BCUT2D eigenvalue weighted by atomic mass is 28.4. The number of carboxylic acids is 1. The Morgan fingerprint density at radius 3 is 2.50 bits per heavy atom. The zero-order valence-corrected chi connectivity index (χ0v) is 15.3. The van der Waals surface area contributed by atoms with Crippen LogP contribution in [0.25, 0.3) is 0 Å². The van der Waals surface area contributed by atoms with Crippen LogP contribution in [-0.4, -0.2) is 32.0 Å². The van der Waals surface area contributed by atoms with Crippen molar-refractivity contribution in [1.82, 2.24) is 0 Å². The van der Waals surface area contributed by atoms with E-state index in [2.05, 4.69) is 33.9 Å². The van der Waals surface area contributed by atoms with Crippen molar-refractivity contribution in [2.24, 2.45) is 11.3 Å². The normalized spacial score (nSPS) is 29.2. The Balaban J connectivity index is 2.38. The van der Waals surface area contributed by atoms with Crippen molar-refractivity contribution in [3.63, 3.8) is 0 Å². The number of carboxylic acid groups (broad SMARTS) is 1. The van der Waals surface area contributed by atoms with E-state index in [1.807, 2.05) is 6.92 Å². The van der Waals surface area contributed by atoms with Crippen LogP contribution in [0.5, 0.6) is 0 Å². The minimum absolute atomic E-state index is 0.0312. The predicted molar refractivity (Wildman–Crippen MR) is 84.7 cm³/mol. The van der Waals surface area contributed by atoms with Crippen molar-refractivity contribution in [3.8, 4) is 0 Å². The van der Waals surface area contributed by atoms with Crippen LogP contribution in [0.4, 0.5) is 0 Å². The molecule has 22 heavy (non-hydrogen) atoms. The number of fused-ring (bicyclic) bond motifs is 1. The van der Waals surface area contributed by atoms with Gasteiger partial charge in [-0.2, -0.15) is 0 Å². The monoisotopic (exact) mass is 326 g/mol. The number of allylic oxidation sites excluding steroid dienone is 1. The summed E-state index contributed by atoms with van der Waals surface area (Å²) < 4.78 is 11.4. The van der Waals surface area contributed by atoms with E-state index in [4.69, 9.17) is 9.16 Å². The van der Waals surface area contributed by atoms with Crippen molar-refractivity contribution in [3.05, 3.63) is 11.3 Å². The van der Waals surface area contributed by atoms with Crippen LogP contribution in [0.2, 0.25) is 18.1 Å². The average Bonchev–Trinajstić information content (AvgIpc) is 2.71. The SMILES string of the molecule is CC1=C(O[Si](C)(C)C(C)(C)C)CC[C@@]2(C(=O)O)COC(=O)[C@@H]12. The first-order chi connectivity index (χ1) is 9.92. The lowest BCUT2D eigenvalue weighted by Crippen LogP contribution is -2.45. The first-order valence-electron chi connectivity index (χ1n) is 7.71. The maximum Gasteiger partial charge on any atom is 0.314 e. The Hall–Kier alpha value is -1.30. The molecule has 0 aromatic carbocycles. The zero-order chi connectivity index (χ0) is 16.9. The van der Waals surface area contributed by atoms with E-state index in [1.165, 1.54) is 0 Å². The van der Waals surface area contributed by atoms with Crippen LogP contribution in [0.3, 0.4) is 0 Å². The Labute approximate surface area is 132 Å². The van der Waals surface area contributed by atoms with Crippen LogP contribution >= 0.6 is 0 Å². The van der Waals surface area contributed by atoms with Crippen LogP contribution in [0, 0.1) is 11.3 Å². The second-order valence-corrected chi connectivity index (χ2v) is 12.7. The summed E-state index contributed by atoms with van der Waals surface area (Å²) in [7, 11) is -2.01. The molecule has 2 rings (SSSR count). The topological polar surface area (TPSA) is 72.8 Å². The molecule has 0 radical (unpaired) electrons. The van der Waals surface area contributed by atoms with Gasteiger partial charge in [-0.05, 0) is 37.0 Å². The smallest absolute Gasteiger partial charge is 0.314 e. The Kier molecular flexibility index (Phi) is 3.96. The summed E-state index contributed by atoms with van der Waals surface area (Å²) in [6.45, 7) is 12.6. The van der Waals surface area contributed by atoms with Crippen LogP contribution in [-0.2, 0) is 18.8 Å². The summed E-state index contributed by atoms with van der Waals surface area (Å²) in [5.41, 5.74) is -0.373. The van der Waals surface area contributed by atoms with E-state index >= 15 is 0 Å². The minimum atomic E-state index is -2.01. The third kappa shape index (κ3) is 2.47. The lowest BCUT2D eigenvalue weighted by molar-refractivity contribution is -0.152. The maximum atomic E-state index is 12.1. The number of cyclic esters (lactones) is 1. The fourth-order valence-corrected chi connectivity index (χ4v) is 4.16. The molecule has 2 aliphatic rings. The Morgan fingerprint density at radius 2 is 2.00 bits per heavy atom. The van der Waals surface area contributed by atoms with Crippen LogP contribution in [0.15, 0.2) is 11.3 Å². The lowest BCUT2D eigenvalue weighted by Gasteiger charge is -2.41. The molecule has 1 aliphatic carbocycles. The number of carbonyl (C=O) groups is 2. The molecule has 1 heterocycles. The molecule has 0 spiro atoms. The number of hydrogen-bond donors (Lipinski definition) is 1. The zero-order valence-electron chi connectivity index (χ0n) is 14.3. The molecule has 0 bridgehead atoms. The summed E-state index contributed by atoms with van der Waals surface area (Å²) in [5.74, 6) is -1.30. The van der Waals surface area contributed by atoms with Gasteiger partial charge in [0.05, 0.1) is 5.76 Å². The highest BCUT2D eigenvalue weighted by Crippen LogP contribution is 2.50. The molecular formula is C16H26O5Si. The van der Waals surface area contributed by atoms with E-state index in [9.17, 15) is 14.7 Å². The number of hydrogen-bond acceptors (Lipinski definition) is 4. The summed E-state index contributed by atoms with van der Waals surface area (Å²) >= 11 is 0. The molecule has 124 valence electrons. The van der Waals surface area contributed by atoms with Gasteiger partial charge in [-0.15, -0.1) is 0 Å². The third-order valence-corrected chi connectivity index (χ3v) is 9.91. The quantitative estimate of drug-likeness (QED) is 0.636. The van der Waals surface area contributed by atoms with Gasteiger partial charge < -0.3 is 14.3 Å². The van der Waals surface area contributed by atoms with Gasteiger partial charge >= 0.3 is 11.9 Å². The maximum absolute atomic E-state index is 12.1.